The molecule has 1 atom stereocenters. The average Bonchev–Trinajstić information content (AvgIpc) is 2.81. The molecular weight excluding hydrogens is 302 g/mol. The fraction of sp³-hybridized carbons (Fsp3) is 0.500. The lowest BCUT2D eigenvalue weighted by atomic mass is 9.92. The first kappa shape index (κ1) is 16.5. The average molecular weight is 327 g/mol. The van der Waals surface area contributed by atoms with E-state index in [9.17, 15) is 4.79 Å². The first-order chi connectivity index (χ1) is 11.7. The highest BCUT2D eigenvalue weighted by molar-refractivity contribution is 5.87. The van der Waals surface area contributed by atoms with Gasteiger partial charge in [0.1, 0.15) is 5.82 Å². The molecule has 6 heteroatoms. The number of hydrogen-bond donors (Lipinski definition) is 1. The molecular formula is C18H25N5O. The molecule has 0 aliphatic carbocycles. The van der Waals surface area contributed by atoms with Crippen LogP contribution in [0.4, 0.5) is 10.7 Å². The van der Waals surface area contributed by atoms with Gasteiger partial charge in [-0.05, 0) is 30.7 Å². The summed E-state index contributed by atoms with van der Waals surface area (Å²) in [6.07, 6.45) is 3.92. The van der Waals surface area contributed by atoms with Gasteiger partial charge in [0.05, 0.1) is 0 Å². The molecule has 1 aliphatic rings. The number of aryl methyl sites for hydroxylation is 2. The molecule has 6 nitrogen and oxygen atoms in total. The van der Waals surface area contributed by atoms with E-state index < -0.39 is 0 Å². The topological polar surface area (TPSA) is 63.1 Å². The third-order valence-corrected chi connectivity index (χ3v) is 4.67. The number of aromatic nitrogens is 3. The van der Waals surface area contributed by atoms with E-state index in [2.05, 4.69) is 39.7 Å². The molecule has 128 valence electrons. The SMILES string of the molecule is CCc1nc(NC(=O)N2CCCC(c3ccccc3)CC2)nn1C. The van der Waals surface area contributed by atoms with Gasteiger partial charge in [-0.1, -0.05) is 37.3 Å². The zero-order valence-corrected chi connectivity index (χ0v) is 14.4. The van der Waals surface area contributed by atoms with Crippen LogP contribution in [0.3, 0.4) is 0 Å². The molecule has 1 fully saturated rings. The zero-order valence-electron chi connectivity index (χ0n) is 14.4. The maximum absolute atomic E-state index is 12.5. The summed E-state index contributed by atoms with van der Waals surface area (Å²) in [4.78, 5) is 18.7. The lowest BCUT2D eigenvalue weighted by Gasteiger charge is -2.20. The number of benzene rings is 1. The minimum Gasteiger partial charge on any atom is -0.324 e. The number of rotatable bonds is 3. The molecule has 0 saturated carbocycles. The lowest BCUT2D eigenvalue weighted by Crippen LogP contribution is -2.36. The first-order valence-electron chi connectivity index (χ1n) is 8.68. The minimum atomic E-state index is -0.100. The van der Waals surface area contributed by atoms with Gasteiger partial charge >= 0.3 is 6.03 Å². The molecule has 1 aromatic carbocycles. The number of nitrogens with zero attached hydrogens (tertiary/aromatic N) is 4. The summed E-state index contributed by atoms with van der Waals surface area (Å²) in [5.41, 5.74) is 1.37. The fourth-order valence-electron chi connectivity index (χ4n) is 3.31. The summed E-state index contributed by atoms with van der Waals surface area (Å²) in [7, 11) is 1.85. The van der Waals surface area contributed by atoms with Crippen molar-refractivity contribution in [3.63, 3.8) is 0 Å². The molecule has 1 unspecified atom stereocenters. The summed E-state index contributed by atoms with van der Waals surface area (Å²) >= 11 is 0. The molecule has 3 rings (SSSR count). The van der Waals surface area contributed by atoms with Crippen LogP contribution in [0, 0.1) is 0 Å². The van der Waals surface area contributed by atoms with Gasteiger partial charge in [0.15, 0.2) is 0 Å². The van der Waals surface area contributed by atoms with Crippen LogP contribution in [-0.4, -0.2) is 38.8 Å². The predicted molar refractivity (Wildman–Crippen MR) is 94.0 cm³/mol. The monoisotopic (exact) mass is 327 g/mol. The van der Waals surface area contributed by atoms with Gasteiger partial charge in [-0.3, -0.25) is 10.00 Å². The van der Waals surface area contributed by atoms with Gasteiger partial charge in [-0.2, -0.15) is 4.98 Å². The van der Waals surface area contributed by atoms with Gasteiger partial charge < -0.3 is 4.90 Å². The van der Waals surface area contributed by atoms with Gasteiger partial charge in [-0.15, -0.1) is 5.10 Å². The molecule has 2 heterocycles. The smallest absolute Gasteiger partial charge is 0.324 e. The van der Waals surface area contributed by atoms with E-state index in [4.69, 9.17) is 0 Å². The Kier molecular flexibility index (Phi) is 5.13. The van der Waals surface area contributed by atoms with Crippen molar-refractivity contribution in [3.8, 4) is 0 Å². The highest BCUT2D eigenvalue weighted by Crippen LogP contribution is 2.27. The van der Waals surface area contributed by atoms with Crippen molar-refractivity contribution < 1.29 is 4.79 Å². The van der Waals surface area contributed by atoms with Crippen molar-refractivity contribution in [2.45, 2.75) is 38.5 Å². The standard InChI is InChI=1S/C18H25N5O/c1-3-16-19-17(21-22(16)2)20-18(24)23-12-7-10-15(11-13-23)14-8-5-4-6-9-14/h4-6,8-9,15H,3,7,10-13H2,1-2H3,(H,20,21,24). The largest absolute Gasteiger partial charge is 0.324 e. The highest BCUT2D eigenvalue weighted by atomic mass is 16.2. The van der Waals surface area contributed by atoms with E-state index in [1.165, 1.54) is 5.56 Å². The molecule has 2 aromatic rings. The molecule has 1 saturated heterocycles. The Bertz CT molecular complexity index is 682. The Labute approximate surface area is 142 Å². The summed E-state index contributed by atoms with van der Waals surface area (Å²) < 4.78 is 1.71. The molecule has 24 heavy (non-hydrogen) atoms. The van der Waals surface area contributed by atoms with Crippen LogP contribution in [0.25, 0.3) is 0 Å². The Morgan fingerprint density at radius 1 is 1.25 bits per heavy atom. The van der Waals surface area contributed by atoms with Crippen LogP contribution in [0.2, 0.25) is 0 Å². The number of carbonyl (C=O) groups is 1. The Balaban J connectivity index is 1.60. The van der Waals surface area contributed by atoms with Crippen molar-refractivity contribution in [2.24, 2.45) is 7.05 Å². The molecule has 1 aliphatic heterocycles. The van der Waals surface area contributed by atoms with Gasteiger partial charge in [0, 0.05) is 26.6 Å². The Hall–Kier alpha value is -2.37. The predicted octanol–water partition coefficient (Wildman–Crippen LogP) is 3.18. The van der Waals surface area contributed by atoms with Crippen LogP contribution in [-0.2, 0) is 13.5 Å². The van der Waals surface area contributed by atoms with Crippen LogP contribution < -0.4 is 5.32 Å². The van der Waals surface area contributed by atoms with E-state index in [-0.39, 0.29) is 6.03 Å². The molecule has 2 amide bonds. The Morgan fingerprint density at radius 2 is 2.04 bits per heavy atom. The van der Waals surface area contributed by atoms with Crippen molar-refractivity contribution >= 4 is 12.0 Å². The summed E-state index contributed by atoms with van der Waals surface area (Å²) in [5.74, 6) is 1.79. The van der Waals surface area contributed by atoms with Crippen LogP contribution in [0.5, 0.6) is 0 Å². The second kappa shape index (κ2) is 7.47. The van der Waals surface area contributed by atoms with E-state index in [0.717, 1.165) is 44.6 Å². The second-order valence-electron chi connectivity index (χ2n) is 6.28. The third kappa shape index (κ3) is 3.75. The van der Waals surface area contributed by atoms with E-state index >= 15 is 0 Å². The maximum Gasteiger partial charge on any atom is 0.324 e. The molecule has 1 N–H and O–H groups in total. The summed E-state index contributed by atoms with van der Waals surface area (Å²) in [6.45, 7) is 3.57. The van der Waals surface area contributed by atoms with Crippen molar-refractivity contribution in [2.75, 3.05) is 18.4 Å². The van der Waals surface area contributed by atoms with E-state index in [1.807, 2.05) is 24.9 Å². The number of anilines is 1. The normalized spacial score (nSPS) is 18.2. The minimum absolute atomic E-state index is 0.100. The van der Waals surface area contributed by atoms with Crippen molar-refractivity contribution in [1.82, 2.24) is 19.7 Å². The number of hydrogen-bond acceptors (Lipinski definition) is 3. The first-order valence-corrected chi connectivity index (χ1v) is 8.68. The molecule has 0 bridgehead atoms. The van der Waals surface area contributed by atoms with Crippen LogP contribution in [0.15, 0.2) is 30.3 Å². The van der Waals surface area contributed by atoms with Crippen molar-refractivity contribution in [1.29, 1.82) is 0 Å². The van der Waals surface area contributed by atoms with Crippen LogP contribution >= 0.6 is 0 Å². The number of nitrogens with one attached hydrogen (secondary N) is 1. The van der Waals surface area contributed by atoms with Gasteiger partial charge in [0.25, 0.3) is 0 Å². The molecule has 1 aromatic heterocycles. The number of amides is 2. The molecule has 0 radical (unpaired) electrons. The van der Waals surface area contributed by atoms with Crippen molar-refractivity contribution in [3.05, 3.63) is 41.7 Å². The molecule has 0 spiro atoms. The quantitative estimate of drug-likeness (QED) is 0.942. The van der Waals surface area contributed by atoms with E-state index in [1.54, 1.807) is 4.68 Å². The van der Waals surface area contributed by atoms with E-state index in [0.29, 0.717) is 11.9 Å². The number of carbonyl (C=O) groups excluding carboxylic acids is 1. The Morgan fingerprint density at radius 3 is 2.75 bits per heavy atom. The van der Waals surface area contributed by atoms with Crippen LogP contribution in [0.1, 0.15) is 43.5 Å². The number of likely N-dealkylation sites (tertiary alicyclic amines) is 1. The second-order valence-corrected chi connectivity index (χ2v) is 6.28. The zero-order chi connectivity index (χ0) is 16.9. The fourth-order valence-corrected chi connectivity index (χ4v) is 3.31. The maximum atomic E-state index is 12.5. The van der Waals surface area contributed by atoms with Gasteiger partial charge in [-0.25, -0.2) is 4.79 Å². The number of urea groups is 1. The third-order valence-electron chi connectivity index (χ3n) is 4.67. The lowest BCUT2D eigenvalue weighted by molar-refractivity contribution is 0.213. The van der Waals surface area contributed by atoms with Gasteiger partial charge in [0.2, 0.25) is 5.95 Å². The summed E-state index contributed by atoms with van der Waals surface area (Å²) in [6, 6.07) is 10.5. The highest BCUT2D eigenvalue weighted by Gasteiger charge is 2.22. The summed E-state index contributed by atoms with van der Waals surface area (Å²) in [5, 5.41) is 7.08.